The van der Waals surface area contributed by atoms with E-state index in [4.69, 9.17) is 0 Å². The molecule has 0 aliphatic carbocycles. The van der Waals surface area contributed by atoms with Crippen LogP contribution in [0.4, 0.5) is 4.39 Å². The van der Waals surface area contributed by atoms with Crippen molar-refractivity contribution in [1.82, 2.24) is 5.43 Å². The van der Waals surface area contributed by atoms with Crippen molar-refractivity contribution in [3.63, 3.8) is 0 Å². The van der Waals surface area contributed by atoms with Crippen molar-refractivity contribution in [2.45, 2.75) is 0 Å². The third-order valence-electron chi connectivity index (χ3n) is 2.36. The van der Waals surface area contributed by atoms with E-state index >= 15 is 0 Å². The second kappa shape index (κ2) is 5.77. The molecule has 0 unspecified atom stereocenters. The highest BCUT2D eigenvalue weighted by atomic mass is 19.1. The number of hydrazone groups is 1. The van der Waals surface area contributed by atoms with E-state index in [-0.39, 0.29) is 5.75 Å². The molecule has 0 bridgehead atoms. The Hall–Kier alpha value is -2.69. The summed E-state index contributed by atoms with van der Waals surface area (Å²) in [6.07, 6.45) is 1.40. The van der Waals surface area contributed by atoms with Crippen LogP contribution in [-0.4, -0.2) is 17.2 Å². The molecule has 0 fully saturated rings. The number of nitrogens with zero attached hydrogens (tertiary/aromatic N) is 1. The van der Waals surface area contributed by atoms with Crippen molar-refractivity contribution in [3.8, 4) is 5.75 Å². The molecule has 0 atom stereocenters. The minimum atomic E-state index is -0.434. The van der Waals surface area contributed by atoms with Crippen LogP contribution in [0, 0.1) is 5.82 Å². The van der Waals surface area contributed by atoms with Gasteiger partial charge in [-0.1, -0.05) is 12.1 Å². The van der Waals surface area contributed by atoms with Gasteiger partial charge in [-0.05, 0) is 42.0 Å². The Kier molecular flexibility index (Phi) is 3.87. The zero-order valence-electron chi connectivity index (χ0n) is 9.88. The molecule has 0 saturated heterocycles. The number of amides is 1. The zero-order valence-corrected chi connectivity index (χ0v) is 9.88. The van der Waals surface area contributed by atoms with E-state index < -0.39 is 11.7 Å². The largest absolute Gasteiger partial charge is 0.508 e. The number of rotatable bonds is 3. The number of phenolic OH excluding ortho intramolecular Hbond substituents is 1. The van der Waals surface area contributed by atoms with Gasteiger partial charge in [-0.3, -0.25) is 4.79 Å². The number of nitrogens with one attached hydrogen (secondary N) is 1. The lowest BCUT2D eigenvalue weighted by atomic mass is 10.2. The van der Waals surface area contributed by atoms with Crippen LogP contribution in [0.15, 0.2) is 53.6 Å². The highest BCUT2D eigenvalue weighted by Crippen LogP contribution is 2.08. The molecule has 0 heterocycles. The summed E-state index contributed by atoms with van der Waals surface area (Å²) in [4.78, 5) is 11.6. The number of aromatic hydroxyl groups is 1. The van der Waals surface area contributed by atoms with Crippen molar-refractivity contribution in [1.29, 1.82) is 0 Å². The number of carbonyl (C=O) groups is 1. The van der Waals surface area contributed by atoms with Gasteiger partial charge in [0.05, 0.1) is 6.21 Å². The Morgan fingerprint density at radius 2 is 1.95 bits per heavy atom. The van der Waals surface area contributed by atoms with Gasteiger partial charge in [0.2, 0.25) is 0 Å². The Bertz CT molecular complexity index is 609. The predicted octanol–water partition coefficient (Wildman–Crippen LogP) is 2.30. The molecular formula is C14H11FN2O2. The van der Waals surface area contributed by atoms with E-state index in [1.165, 1.54) is 42.6 Å². The second-order valence-electron chi connectivity index (χ2n) is 3.80. The maximum Gasteiger partial charge on any atom is 0.271 e. The Morgan fingerprint density at radius 3 is 2.63 bits per heavy atom. The lowest BCUT2D eigenvalue weighted by molar-refractivity contribution is 0.0955. The van der Waals surface area contributed by atoms with Gasteiger partial charge < -0.3 is 5.11 Å². The van der Waals surface area contributed by atoms with Crippen LogP contribution in [0.5, 0.6) is 5.75 Å². The van der Waals surface area contributed by atoms with E-state index in [0.29, 0.717) is 11.1 Å². The number of hydrogen-bond acceptors (Lipinski definition) is 3. The van der Waals surface area contributed by atoms with Gasteiger partial charge in [0.1, 0.15) is 11.6 Å². The van der Waals surface area contributed by atoms with Crippen molar-refractivity contribution >= 4 is 12.1 Å². The fourth-order valence-corrected chi connectivity index (χ4v) is 1.44. The summed E-state index contributed by atoms with van der Waals surface area (Å²) in [5, 5.41) is 13.0. The molecule has 96 valence electrons. The topological polar surface area (TPSA) is 61.7 Å². The summed E-state index contributed by atoms with van der Waals surface area (Å²) in [6, 6.07) is 11.6. The van der Waals surface area contributed by atoms with Crippen LogP contribution in [0.1, 0.15) is 15.9 Å². The maximum atomic E-state index is 12.7. The van der Waals surface area contributed by atoms with Gasteiger partial charge in [-0.2, -0.15) is 5.10 Å². The molecule has 0 spiro atoms. The predicted molar refractivity (Wildman–Crippen MR) is 69.6 cm³/mol. The third-order valence-corrected chi connectivity index (χ3v) is 2.36. The highest BCUT2D eigenvalue weighted by molar-refractivity contribution is 5.94. The molecule has 2 N–H and O–H groups in total. The first-order valence-corrected chi connectivity index (χ1v) is 5.53. The molecule has 1 amide bonds. The van der Waals surface area contributed by atoms with Gasteiger partial charge in [0.25, 0.3) is 5.91 Å². The molecule has 0 aliphatic rings. The Morgan fingerprint density at radius 1 is 1.21 bits per heavy atom. The number of benzene rings is 2. The summed E-state index contributed by atoms with van der Waals surface area (Å²) in [7, 11) is 0. The van der Waals surface area contributed by atoms with Gasteiger partial charge in [0.15, 0.2) is 0 Å². The van der Waals surface area contributed by atoms with E-state index in [2.05, 4.69) is 10.5 Å². The second-order valence-corrected chi connectivity index (χ2v) is 3.80. The monoisotopic (exact) mass is 258 g/mol. The molecule has 2 aromatic carbocycles. The molecule has 0 aromatic heterocycles. The Balaban J connectivity index is 1.98. The first kappa shape index (κ1) is 12.8. The quantitative estimate of drug-likeness (QED) is 0.655. The van der Waals surface area contributed by atoms with Crippen LogP contribution < -0.4 is 5.43 Å². The number of hydrogen-bond donors (Lipinski definition) is 2. The van der Waals surface area contributed by atoms with Gasteiger partial charge >= 0.3 is 0 Å². The Labute approximate surface area is 109 Å². The average Bonchev–Trinajstić information content (AvgIpc) is 2.39. The minimum absolute atomic E-state index is 0.119. The number of carbonyl (C=O) groups excluding carboxylic acids is 1. The molecule has 2 aromatic rings. The number of halogens is 1. The molecule has 0 radical (unpaired) electrons. The molecule has 0 aliphatic heterocycles. The number of phenols is 1. The lowest BCUT2D eigenvalue weighted by Gasteiger charge is -1.99. The summed E-state index contributed by atoms with van der Waals surface area (Å²) < 4.78 is 12.7. The van der Waals surface area contributed by atoms with E-state index in [1.54, 1.807) is 12.1 Å². The van der Waals surface area contributed by atoms with Crippen LogP contribution in [0.25, 0.3) is 0 Å². The third kappa shape index (κ3) is 3.64. The smallest absolute Gasteiger partial charge is 0.271 e. The van der Waals surface area contributed by atoms with Crippen LogP contribution >= 0.6 is 0 Å². The van der Waals surface area contributed by atoms with Gasteiger partial charge in [-0.15, -0.1) is 0 Å². The van der Waals surface area contributed by atoms with Crippen molar-refractivity contribution < 1.29 is 14.3 Å². The molecular weight excluding hydrogens is 247 g/mol. The van der Waals surface area contributed by atoms with Gasteiger partial charge in [0, 0.05) is 5.56 Å². The lowest BCUT2D eigenvalue weighted by Crippen LogP contribution is -2.17. The van der Waals surface area contributed by atoms with E-state index in [9.17, 15) is 14.3 Å². The van der Waals surface area contributed by atoms with Crippen molar-refractivity contribution in [2.24, 2.45) is 5.10 Å². The first-order valence-electron chi connectivity index (χ1n) is 5.53. The average molecular weight is 258 g/mol. The normalized spacial score (nSPS) is 10.6. The zero-order chi connectivity index (χ0) is 13.7. The maximum absolute atomic E-state index is 12.7. The fourth-order valence-electron chi connectivity index (χ4n) is 1.44. The van der Waals surface area contributed by atoms with Crippen LogP contribution in [0.2, 0.25) is 0 Å². The van der Waals surface area contributed by atoms with Crippen molar-refractivity contribution in [3.05, 3.63) is 65.5 Å². The SMILES string of the molecule is O=C(N/N=C/c1cccc(O)c1)c1ccc(F)cc1. The molecule has 19 heavy (non-hydrogen) atoms. The summed E-state index contributed by atoms with van der Waals surface area (Å²) in [6.45, 7) is 0. The summed E-state index contributed by atoms with van der Waals surface area (Å²) in [5.41, 5.74) is 3.28. The van der Waals surface area contributed by atoms with Crippen LogP contribution in [0.3, 0.4) is 0 Å². The first-order chi connectivity index (χ1) is 9.15. The molecule has 4 nitrogen and oxygen atoms in total. The standard InChI is InChI=1S/C14H11FN2O2/c15-12-6-4-11(5-7-12)14(19)17-16-9-10-2-1-3-13(18)8-10/h1-9,18H,(H,17,19)/b16-9+. The van der Waals surface area contributed by atoms with Crippen LogP contribution in [-0.2, 0) is 0 Å². The molecule has 2 rings (SSSR count). The van der Waals surface area contributed by atoms with Crippen molar-refractivity contribution in [2.75, 3.05) is 0 Å². The summed E-state index contributed by atoms with van der Waals surface area (Å²) >= 11 is 0. The van der Waals surface area contributed by atoms with E-state index in [1.807, 2.05) is 0 Å². The molecule has 0 saturated carbocycles. The minimum Gasteiger partial charge on any atom is -0.508 e. The molecule has 5 heteroatoms. The highest BCUT2D eigenvalue weighted by Gasteiger charge is 2.03. The summed E-state index contributed by atoms with van der Waals surface area (Å²) in [5.74, 6) is -0.718. The fraction of sp³-hybridized carbons (Fsp3) is 0. The van der Waals surface area contributed by atoms with Gasteiger partial charge in [-0.25, -0.2) is 9.82 Å². The van der Waals surface area contributed by atoms with E-state index in [0.717, 1.165) is 0 Å².